The monoisotopic (exact) mass is 526 g/mol. The van der Waals surface area contributed by atoms with Crippen LogP contribution in [0.15, 0.2) is 48.5 Å². The molecule has 202 valence electrons. The molecule has 1 amide bonds. The molecule has 37 heavy (non-hydrogen) atoms. The Balaban J connectivity index is 1.43. The minimum Gasteiger partial charge on any atom is -0.486 e. The van der Waals surface area contributed by atoms with E-state index in [0.717, 1.165) is 29.0 Å². The maximum absolute atomic E-state index is 13.0. The van der Waals surface area contributed by atoms with Crippen molar-refractivity contribution in [1.29, 1.82) is 0 Å². The van der Waals surface area contributed by atoms with Gasteiger partial charge < -0.3 is 28.9 Å². The molecule has 2 heterocycles. The lowest BCUT2D eigenvalue weighted by molar-refractivity contribution is -0.0176. The molecule has 0 radical (unpaired) electrons. The smallest absolute Gasteiger partial charge is 0.410 e. The summed E-state index contributed by atoms with van der Waals surface area (Å²) in [5, 5.41) is 3.96. The van der Waals surface area contributed by atoms with E-state index in [1.165, 1.54) is 0 Å². The van der Waals surface area contributed by atoms with E-state index in [2.05, 4.69) is 52.1 Å². The predicted molar refractivity (Wildman–Crippen MR) is 148 cm³/mol. The van der Waals surface area contributed by atoms with Crippen molar-refractivity contribution in [1.82, 2.24) is 10.2 Å². The first-order chi connectivity index (χ1) is 17.6. The number of hydrogen-bond acceptors (Lipinski definition) is 6. The fraction of sp³-hybridized carbons (Fsp3) is 0.552. The van der Waals surface area contributed by atoms with Gasteiger partial charge in [-0.15, -0.1) is 0 Å². The highest BCUT2D eigenvalue weighted by molar-refractivity contribution is 6.31. The van der Waals surface area contributed by atoms with E-state index in [-0.39, 0.29) is 35.3 Å². The molecule has 0 aliphatic carbocycles. The van der Waals surface area contributed by atoms with Gasteiger partial charge >= 0.3 is 6.09 Å². The number of fused-ring (bicyclic) bond motifs is 1. The van der Waals surface area contributed by atoms with Crippen LogP contribution in [0.1, 0.15) is 52.2 Å². The van der Waals surface area contributed by atoms with E-state index < -0.39 is 9.76 Å². The van der Waals surface area contributed by atoms with Crippen LogP contribution in [0.4, 0.5) is 4.79 Å². The summed E-state index contributed by atoms with van der Waals surface area (Å²) in [7, 11) is -0.770. The Morgan fingerprint density at radius 3 is 2.49 bits per heavy atom. The number of nitrogens with one attached hydrogen (secondary N) is 1. The molecule has 0 bridgehead atoms. The van der Waals surface area contributed by atoms with Gasteiger partial charge in [0.05, 0.1) is 5.60 Å². The molecule has 2 aromatic rings. The number of hydrogen-bond donors (Lipinski definition) is 1. The van der Waals surface area contributed by atoms with E-state index in [1.807, 2.05) is 41.3 Å². The third-order valence-electron chi connectivity index (χ3n) is 7.02. The molecule has 8 heteroatoms. The van der Waals surface area contributed by atoms with Gasteiger partial charge in [0.15, 0.2) is 21.3 Å². The molecular weight excluding hydrogens is 484 g/mol. The van der Waals surface area contributed by atoms with Gasteiger partial charge in [-0.25, -0.2) is 4.79 Å². The Morgan fingerprint density at radius 2 is 1.76 bits per heavy atom. The minimum atomic E-state index is -0.770. The zero-order valence-electron chi connectivity index (χ0n) is 22.9. The third kappa shape index (κ3) is 7.72. The molecule has 2 aliphatic rings. The van der Waals surface area contributed by atoms with Crippen LogP contribution in [0.5, 0.6) is 11.5 Å². The van der Waals surface area contributed by atoms with Crippen molar-refractivity contribution >= 4 is 15.9 Å². The highest BCUT2D eigenvalue weighted by Crippen LogP contribution is 2.34. The molecule has 0 aromatic heterocycles. The summed E-state index contributed by atoms with van der Waals surface area (Å²) in [6.45, 7) is 14.5. The number of ether oxygens (including phenoxy) is 3. The molecule has 1 fully saturated rings. The van der Waals surface area contributed by atoms with Gasteiger partial charge in [-0.05, 0) is 48.6 Å². The molecule has 1 saturated heterocycles. The largest absolute Gasteiger partial charge is 0.486 e. The summed E-state index contributed by atoms with van der Waals surface area (Å²) in [5.41, 5.74) is 1.77. The van der Waals surface area contributed by atoms with Crippen molar-refractivity contribution in [3.8, 4) is 11.5 Å². The maximum atomic E-state index is 13.0. The van der Waals surface area contributed by atoms with Gasteiger partial charge in [0.2, 0.25) is 0 Å². The fourth-order valence-electron chi connectivity index (χ4n) is 4.83. The second-order valence-corrected chi connectivity index (χ2v) is 14.5. The molecule has 7 nitrogen and oxygen atoms in total. The molecule has 2 atom stereocenters. The van der Waals surface area contributed by atoms with Crippen LogP contribution in [0.25, 0.3) is 0 Å². The number of benzene rings is 2. The van der Waals surface area contributed by atoms with E-state index in [4.69, 9.17) is 18.6 Å². The lowest BCUT2D eigenvalue weighted by atomic mass is 9.80. The number of carbonyl (C=O) groups is 1. The summed E-state index contributed by atoms with van der Waals surface area (Å²) in [5.74, 6) is 1.73. The van der Waals surface area contributed by atoms with Crippen LogP contribution in [-0.4, -0.2) is 58.7 Å². The van der Waals surface area contributed by atoms with E-state index in [9.17, 15) is 4.79 Å². The van der Waals surface area contributed by atoms with Gasteiger partial charge in [-0.1, -0.05) is 57.2 Å². The van der Waals surface area contributed by atoms with Crippen LogP contribution < -0.4 is 14.8 Å². The van der Waals surface area contributed by atoms with Crippen LogP contribution in [-0.2, 0) is 22.3 Å². The average molecular weight is 527 g/mol. The molecular formula is C29H42N2O5Si. The summed E-state index contributed by atoms with van der Waals surface area (Å²) in [6, 6.07) is 16.1. The number of piperidine rings is 1. The quantitative estimate of drug-likeness (QED) is 0.504. The summed E-state index contributed by atoms with van der Waals surface area (Å²) in [6.07, 6.45) is 0.572. The van der Waals surface area contributed by atoms with Crippen molar-refractivity contribution in [3.05, 3.63) is 59.7 Å². The number of carbonyl (C=O) groups excluding carboxylic acids is 1. The van der Waals surface area contributed by atoms with Crippen LogP contribution in [0.2, 0.25) is 5.04 Å². The minimum absolute atomic E-state index is 0.123. The standard InChI is InChI=1S/C29H42N2O5Si/c1-28(2,3)37-36-29(4,5)23-19-31(27(32)35-20-21-9-7-6-8-10-21)14-13-24(23)30-18-22-11-12-25-26(17-22)34-16-15-33-25/h6-12,17,23-24,30H,13-16,18-20,37H2,1-5H3. The normalized spacial score (nSPS) is 20.3. The first kappa shape index (κ1) is 27.5. The van der Waals surface area contributed by atoms with Crippen molar-refractivity contribution in [2.75, 3.05) is 26.3 Å². The topological polar surface area (TPSA) is 69.3 Å². The van der Waals surface area contributed by atoms with E-state index in [1.54, 1.807) is 0 Å². The van der Waals surface area contributed by atoms with Gasteiger partial charge in [-0.2, -0.15) is 0 Å². The fourth-order valence-corrected chi connectivity index (χ4v) is 5.85. The molecule has 0 spiro atoms. The SMILES string of the molecule is CC(C)(C)[SiH2]OC(C)(C)C1CN(C(=O)OCc2ccccc2)CCC1NCc1ccc2c(c1)OCCO2. The van der Waals surface area contributed by atoms with Crippen LogP contribution >= 0.6 is 0 Å². The molecule has 1 N–H and O–H groups in total. The van der Waals surface area contributed by atoms with Gasteiger partial charge in [0.25, 0.3) is 0 Å². The molecule has 2 aromatic carbocycles. The highest BCUT2D eigenvalue weighted by Gasteiger charge is 2.42. The van der Waals surface area contributed by atoms with Gasteiger partial charge in [0, 0.05) is 31.6 Å². The zero-order chi connectivity index (χ0) is 26.5. The maximum Gasteiger partial charge on any atom is 0.410 e. The lowest BCUT2D eigenvalue weighted by Gasteiger charge is -2.47. The number of rotatable bonds is 8. The second kappa shape index (κ2) is 11.9. The van der Waals surface area contributed by atoms with Crippen LogP contribution in [0.3, 0.4) is 0 Å². The molecule has 0 saturated carbocycles. The first-order valence-electron chi connectivity index (χ1n) is 13.3. The van der Waals surface area contributed by atoms with E-state index in [0.29, 0.717) is 32.8 Å². The van der Waals surface area contributed by atoms with Crippen molar-refractivity contribution in [3.63, 3.8) is 0 Å². The second-order valence-electron chi connectivity index (χ2n) is 11.8. The van der Waals surface area contributed by atoms with Crippen molar-refractivity contribution in [2.45, 2.75) is 70.9 Å². The van der Waals surface area contributed by atoms with Crippen molar-refractivity contribution < 1.29 is 23.4 Å². The van der Waals surface area contributed by atoms with Gasteiger partial charge in [-0.3, -0.25) is 0 Å². The Labute approximate surface area is 223 Å². The van der Waals surface area contributed by atoms with E-state index >= 15 is 0 Å². The molecule has 4 rings (SSSR count). The first-order valence-corrected chi connectivity index (χ1v) is 14.6. The van der Waals surface area contributed by atoms with Crippen LogP contribution in [0, 0.1) is 5.92 Å². The van der Waals surface area contributed by atoms with Crippen molar-refractivity contribution in [2.24, 2.45) is 5.92 Å². The summed E-state index contributed by atoms with van der Waals surface area (Å²) < 4.78 is 23.7. The average Bonchev–Trinajstić information content (AvgIpc) is 2.89. The Kier molecular flexibility index (Phi) is 8.82. The lowest BCUT2D eigenvalue weighted by Crippen LogP contribution is -2.58. The molecule has 2 aliphatic heterocycles. The molecule has 2 unspecified atom stereocenters. The Morgan fingerprint density at radius 1 is 1.03 bits per heavy atom. The Hall–Kier alpha value is -2.55. The zero-order valence-corrected chi connectivity index (χ0v) is 24.3. The summed E-state index contributed by atoms with van der Waals surface area (Å²) >= 11 is 0. The number of nitrogens with zero attached hydrogens (tertiary/aromatic N) is 1. The van der Waals surface area contributed by atoms with Gasteiger partial charge in [0.1, 0.15) is 19.8 Å². The Bertz CT molecular complexity index is 1040. The number of likely N-dealkylation sites (tertiary alicyclic amines) is 1. The highest BCUT2D eigenvalue weighted by atomic mass is 28.2. The predicted octanol–water partition coefficient (Wildman–Crippen LogP) is 4.67. The number of amides is 1. The summed E-state index contributed by atoms with van der Waals surface area (Å²) in [4.78, 5) is 14.9. The third-order valence-corrected chi connectivity index (χ3v) is 8.78.